The van der Waals surface area contributed by atoms with E-state index in [-0.39, 0.29) is 23.9 Å². The van der Waals surface area contributed by atoms with Gasteiger partial charge in [0.15, 0.2) is 0 Å². The molecule has 2 aliphatic heterocycles. The molecule has 4 heterocycles. The quantitative estimate of drug-likeness (QED) is 0.826. The molecule has 0 saturated carbocycles. The largest absolute Gasteiger partial charge is 0.383 e. The summed E-state index contributed by atoms with van der Waals surface area (Å²) >= 11 is 0. The van der Waals surface area contributed by atoms with Gasteiger partial charge in [-0.3, -0.25) is 4.79 Å². The van der Waals surface area contributed by atoms with Crippen LogP contribution in [0.25, 0.3) is 5.95 Å². The molecule has 4 rings (SSSR count). The first kappa shape index (κ1) is 15.7. The molecule has 9 heteroatoms. The van der Waals surface area contributed by atoms with Crippen LogP contribution in [-0.2, 0) is 11.3 Å². The molecule has 0 radical (unpaired) electrons. The summed E-state index contributed by atoms with van der Waals surface area (Å²) in [7, 11) is 1.68. The standard InChI is InChI=1S/C16H17N7O2/c1-25-9-12-2-13(6-18-12)22-8-11-5-19-16(21-14(11)15(22)24)23-7-10(3-17)4-20-23/h4-5,7,12-13,18H,2,6,8-9H2,1H3/t12-,13+/m0/s1. The van der Waals surface area contributed by atoms with E-state index in [2.05, 4.69) is 20.4 Å². The fourth-order valence-corrected chi connectivity index (χ4v) is 3.35. The fourth-order valence-electron chi connectivity index (χ4n) is 3.35. The van der Waals surface area contributed by atoms with E-state index >= 15 is 0 Å². The highest BCUT2D eigenvalue weighted by Gasteiger charge is 2.38. The number of aromatic nitrogens is 4. The number of ether oxygens (including phenoxy) is 1. The number of fused-ring (bicyclic) bond motifs is 1. The molecule has 1 saturated heterocycles. The van der Waals surface area contributed by atoms with E-state index in [0.717, 1.165) is 18.5 Å². The van der Waals surface area contributed by atoms with E-state index in [1.54, 1.807) is 13.3 Å². The summed E-state index contributed by atoms with van der Waals surface area (Å²) in [6.45, 7) is 1.90. The number of nitriles is 1. The summed E-state index contributed by atoms with van der Waals surface area (Å²) in [6, 6.07) is 2.40. The van der Waals surface area contributed by atoms with Gasteiger partial charge in [-0.1, -0.05) is 0 Å². The van der Waals surface area contributed by atoms with Gasteiger partial charge < -0.3 is 15.0 Å². The van der Waals surface area contributed by atoms with E-state index in [4.69, 9.17) is 10.00 Å². The zero-order chi connectivity index (χ0) is 17.4. The second kappa shape index (κ2) is 6.23. The molecule has 2 aromatic rings. The Kier molecular flexibility index (Phi) is 3.91. The summed E-state index contributed by atoms with van der Waals surface area (Å²) in [6.07, 6.45) is 5.50. The first-order valence-electron chi connectivity index (χ1n) is 8.04. The lowest BCUT2D eigenvalue weighted by atomic mass is 10.1. The lowest BCUT2D eigenvalue weighted by molar-refractivity contribution is 0.0707. The smallest absolute Gasteiger partial charge is 0.273 e. The Labute approximate surface area is 144 Å². The SMILES string of the molecule is COC[C@@H]1C[C@@H](N2Cc3cnc(-n4cc(C#N)cn4)nc3C2=O)CN1. The van der Waals surface area contributed by atoms with Crippen LogP contribution in [0, 0.1) is 11.3 Å². The fraction of sp³-hybridized carbons (Fsp3) is 0.438. The van der Waals surface area contributed by atoms with Crippen LogP contribution in [0.15, 0.2) is 18.6 Å². The third-order valence-corrected chi connectivity index (χ3v) is 4.58. The van der Waals surface area contributed by atoms with Crippen molar-refractivity contribution in [2.24, 2.45) is 0 Å². The second-order valence-corrected chi connectivity index (χ2v) is 6.21. The minimum absolute atomic E-state index is 0.0869. The molecule has 2 aliphatic rings. The van der Waals surface area contributed by atoms with Crippen molar-refractivity contribution in [1.29, 1.82) is 5.26 Å². The summed E-state index contributed by atoms with van der Waals surface area (Å²) in [5.74, 6) is 0.202. The minimum atomic E-state index is -0.0869. The summed E-state index contributed by atoms with van der Waals surface area (Å²) in [5, 5.41) is 16.3. The molecule has 0 spiro atoms. The van der Waals surface area contributed by atoms with Crippen molar-refractivity contribution in [3.05, 3.63) is 35.4 Å². The van der Waals surface area contributed by atoms with Crippen molar-refractivity contribution in [3.63, 3.8) is 0 Å². The predicted octanol–water partition coefficient (Wildman–Crippen LogP) is -0.133. The van der Waals surface area contributed by atoms with Crippen molar-refractivity contribution in [1.82, 2.24) is 30.0 Å². The molecule has 0 bridgehead atoms. The lowest BCUT2D eigenvalue weighted by Crippen LogP contribution is -2.37. The highest BCUT2D eigenvalue weighted by molar-refractivity contribution is 5.96. The van der Waals surface area contributed by atoms with Gasteiger partial charge in [0.25, 0.3) is 11.9 Å². The zero-order valence-electron chi connectivity index (χ0n) is 13.7. The molecule has 1 N–H and O–H groups in total. The summed E-state index contributed by atoms with van der Waals surface area (Å²) in [5.41, 5.74) is 1.64. The summed E-state index contributed by atoms with van der Waals surface area (Å²) < 4.78 is 6.58. The van der Waals surface area contributed by atoms with Gasteiger partial charge in [0.2, 0.25) is 0 Å². The van der Waals surface area contributed by atoms with Crippen molar-refractivity contribution in [3.8, 4) is 12.0 Å². The Morgan fingerprint density at radius 1 is 1.48 bits per heavy atom. The Bertz CT molecular complexity index is 856. The molecule has 2 atom stereocenters. The van der Waals surface area contributed by atoms with E-state index in [9.17, 15) is 4.79 Å². The van der Waals surface area contributed by atoms with Crippen LogP contribution >= 0.6 is 0 Å². The highest BCUT2D eigenvalue weighted by Crippen LogP contribution is 2.26. The van der Waals surface area contributed by atoms with Gasteiger partial charge in [0.1, 0.15) is 11.8 Å². The average molecular weight is 339 g/mol. The van der Waals surface area contributed by atoms with Crippen molar-refractivity contribution in [2.75, 3.05) is 20.3 Å². The second-order valence-electron chi connectivity index (χ2n) is 6.21. The van der Waals surface area contributed by atoms with Gasteiger partial charge in [0.05, 0.1) is 31.1 Å². The van der Waals surface area contributed by atoms with Crippen LogP contribution in [0.1, 0.15) is 28.0 Å². The number of methoxy groups -OCH3 is 1. The number of carbonyl (C=O) groups excluding carboxylic acids is 1. The molecule has 1 fully saturated rings. The Morgan fingerprint density at radius 2 is 2.36 bits per heavy atom. The van der Waals surface area contributed by atoms with Crippen molar-refractivity contribution in [2.45, 2.75) is 25.0 Å². The van der Waals surface area contributed by atoms with Crippen LogP contribution < -0.4 is 5.32 Å². The maximum atomic E-state index is 12.8. The lowest BCUT2D eigenvalue weighted by Gasteiger charge is -2.22. The maximum absolute atomic E-state index is 12.8. The number of amides is 1. The Hall–Kier alpha value is -2.83. The van der Waals surface area contributed by atoms with Crippen LogP contribution in [-0.4, -0.2) is 62.9 Å². The molecule has 2 aromatic heterocycles. The first-order chi connectivity index (χ1) is 12.2. The number of nitrogens with zero attached hydrogens (tertiary/aromatic N) is 6. The molecule has 25 heavy (non-hydrogen) atoms. The minimum Gasteiger partial charge on any atom is -0.383 e. The number of carbonyl (C=O) groups is 1. The molecule has 0 unspecified atom stereocenters. The van der Waals surface area contributed by atoms with Gasteiger partial charge >= 0.3 is 0 Å². The number of nitrogens with one attached hydrogen (secondary N) is 1. The Balaban J connectivity index is 1.55. The van der Waals surface area contributed by atoms with Gasteiger partial charge in [-0.05, 0) is 6.42 Å². The molecule has 128 valence electrons. The van der Waals surface area contributed by atoms with Crippen LogP contribution in [0.4, 0.5) is 0 Å². The highest BCUT2D eigenvalue weighted by atomic mass is 16.5. The van der Waals surface area contributed by atoms with Gasteiger partial charge in [-0.25, -0.2) is 14.6 Å². The Morgan fingerprint density at radius 3 is 3.12 bits per heavy atom. The van der Waals surface area contributed by atoms with E-state index < -0.39 is 0 Å². The maximum Gasteiger partial charge on any atom is 0.273 e. The first-order valence-corrected chi connectivity index (χ1v) is 8.04. The van der Waals surface area contributed by atoms with E-state index in [1.807, 2.05) is 11.0 Å². The third-order valence-electron chi connectivity index (χ3n) is 4.58. The monoisotopic (exact) mass is 339 g/mol. The predicted molar refractivity (Wildman–Crippen MR) is 85.8 cm³/mol. The molecular formula is C16H17N7O2. The molecule has 9 nitrogen and oxygen atoms in total. The molecule has 0 aromatic carbocycles. The van der Waals surface area contributed by atoms with Crippen LogP contribution in [0.5, 0.6) is 0 Å². The van der Waals surface area contributed by atoms with Crippen molar-refractivity contribution >= 4 is 5.91 Å². The zero-order valence-corrected chi connectivity index (χ0v) is 13.7. The molecular weight excluding hydrogens is 322 g/mol. The third kappa shape index (κ3) is 2.75. The van der Waals surface area contributed by atoms with E-state index in [0.29, 0.717) is 24.4 Å². The molecule has 0 aliphatic carbocycles. The van der Waals surface area contributed by atoms with Crippen molar-refractivity contribution < 1.29 is 9.53 Å². The van der Waals surface area contributed by atoms with Gasteiger partial charge in [-0.2, -0.15) is 10.4 Å². The number of hydrogen-bond donors (Lipinski definition) is 1. The average Bonchev–Trinajstić information content (AvgIpc) is 3.34. The molecule has 1 amide bonds. The van der Waals surface area contributed by atoms with Crippen LogP contribution in [0.2, 0.25) is 0 Å². The van der Waals surface area contributed by atoms with Gasteiger partial charge in [-0.15, -0.1) is 0 Å². The summed E-state index contributed by atoms with van der Waals surface area (Å²) in [4.78, 5) is 23.3. The van der Waals surface area contributed by atoms with Crippen LogP contribution in [0.3, 0.4) is 0 Å². The normalized spacial score (nSPS) is 22.2. The van der Waals surface area contributed by atoms with Gasteiger partial charge in [0, 0.05) is 37.5 Å². The van der Waals surface area contributed by atoms with E-state index in [1.165, 1.54) is 17.1 Å². The topological polar surface area (TPSA) is 109 Å². The number of hydrogen-bond acceptors (Lipinski definition) is 7. The number of rotatable bonds is 4.